The average Bonchev–Trinajstić information content (AvgIpc) is 3.38. The topological polar surface area (TPSA) is 120 Å². The van der Waals surface area contributed by atoms with Crippen molar-refractivity contribution >= 4 is 40.7 Å². The number of fused-ring (bicyclic) bond motifs is 2. The Kier molecular flexibility index (Phi) is 6.11. The van der Waals surface area contributed by atoms with Gasteiger partial charge in [0.05, 0.1) is 41.2 Å². The molecule has 4 aliphatic rings. The van der Waals surface area contributed by atoms with Crippen molar-refractivity contribution in [1.82, 2.24) is 15.0 Å². The predicted molar refractivity (Wildman–Crippen MR) is 138 cm³/mol. The van der Waals surface area contributed by atoms with Crippen LogP contribution in [0.25, 0.3) is 12.2 Å². The number of rotatable bonds is 7. The Balaban J connectivity index is 1.19. The first-order valence-corrected chi connectivity index (χ1v) is 14.3. The maximum absolute atomic E-state index is 12.6. The zero-order valence-corrected chi connectivity index (χ0v) is 21.4. The molecule has 36 heavy (non-hydrogen) atoms. The number of hydrogen-bond acceptors (Lipinski definition) is 8. The summed E-state index contributed by atoms with van der Waals surface area (Å²) < 4.78 is 17.8. The number of aromatic nitrogens is 3. The second kappa shape index (κ2) is 9.30. The van der Waals surface area contributed by atoms with E-state index in [0.717, 1.165) is 54.7 Å². The van der Waals surface area contributed by atoms with E-state index in [2.05, 4.69) is 27.5 Å². The molecule has 192 valence electrons. The Labute approximate surface area is 212 Å². The number of ether oxygens (including phenoxy) is 1. The van der Waals surface area contributed by atoms with Gasteiger partial charge in [-0.1, -0.05) is 6.08 Å². The molecule has 6 rings (SSSR count). The van der Waals surface area contributed by atoms with Gasteiger partial charge in [0.15, 0.2) is 0 Å². The molecule has 0 radical (unpaired) electrons. The van der Waals surface area contributed by atoms with Crippen LogP contribution in [0, 0.1) is 5.92 Å². The smallest absolute Gasteiger partial charge is 0.313 e. The lowest BCUT2D eigenvalue weighted by Crippen LogP contribution is -2.37. The third kappa shape index (κ3) is 4.24. The fourth-order valence-electron chi connectivity index (χ4n) is 5.62. The minimum absolute atomic E-state index is 0.0507. The number of nitrogens with one attached hydrogen (secondary N) is 2. The molecule has 4 heterocycles. The van der Waals surface area contributed by atoms with Crippen LogP contribution in [-0.4, -0.2) is 67.8 Å². The largest absolute Gasteiger partial charge is 0.466 e. The molecule has 2 aliphatic carbocycles. The van der Waals surface area contributed by atoms with Gasteiger partial charge in [-0.05, 0) is 61.8 Å². The quantitative estimate of drug-likeness (QED) is 0.470. The van der Waals surface area contributed by atoms with Crippen molar-refractivity contribution < 1.29 is 18.8 Å². The molecule has 1 saturated carbocycles. The maximum Gasteiger partial charge on any atom is 0.313 e. The third-order valence-corrected chi connectivity index (χ3v) is 9.41. The van der Waals surface area contributed by atoms with Crippen molar-refractivity contribution in [1.29, 1.82) is 0 Å². The highest BCUT2D eigenvalue weighted by molar-refractivity contribution is 7.85. The lowest BCUT2D eigenvalue weighted by atomic mass is 9.88. The molecule has 0 aromatic carbocycles. The Morgan fingerprint density at radius 2 is 2.14 bits per heavy atom. The number of nitrogens with zero attached hydrogens (tertiary/aromatic N) is 3. The molecule has 0 spiro atoms. The minimum Gasteiger partial charge on any atom is -0.466 e. The van der Waals surface area contributed by atoms with Crippen LogP contribution in [0.15, 0.2) is 11.1 Å². The summed E-state index contributed by atoms with van der Waals surface area (Å²) >= 11 is 0. The molecule has 2 fully saturated rings. The van der Waals surface area contributed by atoms with E-state index in [1.807, 2.05) is 13.0 Å². The van der Waals surface area contributed by atoms with E-state index in [4.69, 9.17) is 14.7 Å². The van der Waals surface area contributed by atoms with E-state index in [1.54, 1.807) is 0 Å². The van der Waals surface area contributed by atoms with Crippen LogP contribution >= 0.6 is 0 Å². The number of aliphatic hydroxyl groups is 1. The van der Waals surface area contributed by atoms with Crippen LogP contribution in [0.5, 0.6) is 0 Å². The number of H-pyrrole nitrogens is 1. The summed E-state index contributed by atoms with van der Waals surface area (Å²) in [6.07, 6.45) is 11.4. The number of esters is 1. The van der Waals surface area contributed by atoms with Crippen molar-refractivity contribution in [3.05, 3.63) is 28.0 Å². The molecular formula is C26H33N5O4S. The molecule has 2 aliphatic heterocycles. The van der Waals surface area contributed by atoms with Gasteiger partial charge >= 0.3 is 5.97 Å². The van der Waals surface area contributed by atoms with Gasteiger partial charge in [-0.15, -0.1) is 0 Å². The number of carbonyl (C=O) groups is 1. The van der Waals surface area contributed by atoms with Crippen molar-refractivity contribution in [3.63, 3.8) is 0 Å². The minimum atomic E-state index is -1.09. The fraction of sp³-hybridized carbons (Fsp3) is 0.577. The normalized spacial score (nSPS) is 24.3. The number of anilines is 2. The molecule has 0 amide bonds. The summed E-state index contributed by atoms with van der Waals surface area (Å²) in [4.78, 5) is 28.1. The van der Waals surface area contributed by atoms with Crippen molar-refractivity contribution in [2.24, 2.45) is 5.92 Å². The SMILES string of the molecule is CCOC(=O)C1C=c2[nH]cc(C3CCN(c4nc5c(c(NC6(CO)CC6)n4)S(=O)CC5)CC3)c2=CC1. The van der Waals surface area contributed by atoms with Crippen LogP contribution < -0.4 is 20.8 Å². The van der Waals surface area contributed by atoms with Crippen LogP contribution in [0.1, 0.15) is 56.2 Å². The second-order valence-electron chi connectivity index (χ2n) is 10.3. The average molecular weight is 512 g/mol. The summed E-state index contributed by atoms with van der Waals surface area (Å²) in [5.41, 5.74) is 1.86. The summed E-state index contributed by atoms with van der Waals surface area (Å²) in [7, 11) is -1.09. The first kappa shape index (κ1) is 23.7. The lowest BCUT2D eigenvalue weighted by Gasteiger charge is -2.32. The van der Waals surface area contributed by atoms with Crippen molar-refractivity contribution in [2.75, 3.05) is 42.3 Å². The highest BCUT2D eigenvalue weighted by Crippen LogP contribution is 2.41. The van der Waals surface area contributed by atoms with Gasteiger partial charge < -0.3 is 25.0 Å². The van der Waals surface area contributed by atoms with Gasteiger partial charge in [-0.25, -0.2) is 4.98 Å². The van der Waals surface area contributed by atoms with Gasteiger partial charge in [0.25, 0.3) is 0 Å². The first-order valence-electron chi connectivity index (χ1n) is 13.0. The number of piperidine rings is 1. The molecular weight excluding hydrogens is 478 g/mol. The number of aryl methyl sites for hydroxylation is 1. The maximum atomic E-state index is 12.6. The number of aliphatic hydroxyl groups excluding tert-OH is 1. The van der Waals surface area contributed by atoms with Gasteiger partial charge in [0.2, 0.25) is 5.95 Å². The Morgan fingerprint density at radius 1 is 1.33 bits per heavy atom. The van der Waals surface area contributed by atoms with E-state index in [1.165, 1.54) is 10.8 Å². The predicted octanol–water partition coefficient (Wildman–Crippen LogP) is 0.933. The number of hydrogen-bond donors (Lipinski definition) is 3. The first-order chi connectivity index (χ1) is 17.5. The van der Waals surface area contributed by atoms with Gasteiger partial charge in [0, 0.05) is 36.8 Å². The van der Waals surface area contributed by atoms with Gasteiger partial charge in [-0.2, -0.15) is 4.98 Å². The molecule has 2 aromatic heterocycles. The summed E-state index contributed by atoms with van der Waals surface area (Å²) in [5, 5.41) is 15.4. The van der Waals surface area contributed by atoms with E-state index in [-0.39, 0.29) is 24.0 Å². The Morgan fingerprint density at radius 3 is 2.86 bits per heavy atom. The molecule has 10 heteroatoms. The fourth-order valence-corrected chi connectivity index (χ4v) is 6.93. The number of carbonyl (C=O) groups excluding carboxylic acids is 1. The molecule has 2 atom stereocenters. The summed E-state index contributed by atoms with van der Waals surface area (Å²) in [6.45, 7) is 3.96. The van der Waals surface area contributed by atoms with Crippen LogP contribution in [-0.2, 0) is 26.8 Å². The van der Waals surface area contributed by atoms with E-state index in [0.29, 0.717) is 42.9 Å². The van der Waals surface area contributed by atoms with Crippen molar-refractivity contribution in [2.45, 2.75) is 61.8 Å². The van der Waals surface area contributed by atoms with Crippen LogP contribution in [0.4, 0.5) is 11.8 Å². The van der Waals surface area contributed by atoms with E-state index < -0.39 is 10.8 Å². The van der Waals surface area contributed by atoms with Crippen molar-refractivity contribution in [3.8, 4) is 0 Å². The van der Waals surface area contributed by atoms with E-state index >= 15 is 0 Å². The standard InChI is InChI=1S/C26H33N5O4S/c1-2-35-24(33)17-3-4-18-19(14-27-21(18)13-17)16-5-10-31(11-6-16)25-28-20-7-12-36(34)22(20)23(29-25)30-26(15-32)8-9-26/h4,13-14,16-17,27,32H,2-3,5-12,15H2,1H3,(H,28,29,30). The Hall–Kier alpha value is -2.72. The second-order valence-corrected chi connectivity index (χ2v) is 11.8. The van der Waals surface area contributed by atoms with Gasteiger partial charge in [-0.3, -0.25) is 9.00 Å². The summed E-state index contributed by atoms with van der Waals surface area (Å²) in [5.74, 6) is 1.95. The molecule has 9 nitrogen and oxygen atoms in total. The summed E-state index contributed by atoms with van der Waals surface area (Å²) in [6, 6.07) is 0. The highest BCUT2D eigenvalue weighted by Gasteiger charge is 2.44. The highest BCUT2D eigenvalue weighted by atomic mass is 32.2. The van der Waals surface area contributed by atoms with E-state index in [9.17, 15) is 14.1 Å². The zero-order valence-electron chi connectivity index (χ0n) is 20.6. The van der Waals surface area contributed by atoms with Gasteiger partial charge in [0.1, 0.15) is 10.7 Å². The lowest BCUT2D eigenvalue weighted by molar-refractivity contribution is -0.145. The molecule has 0 bridgehead atoms. The number of aromatic amines is 1. The molecule has 3 N–H and O–H groups in total. The molecule has 2 aromatic rings. The monoisotopic (exact) mass is 511 g/mol. The Bertz CT molecular complexity index is 1330. The van der Waals surface area contributed by atoms with Crippen LogP contribution in [0.3, 0.4) is 0 Å². The zero-order chi connectivity index (χ0) is 24.9. The van der Waals surface area contributed by atoms with Crippen LogP contribution in [0.2, 0.25) is 0 Å². The molecule has 2 unspecified atom stereocenters. The molecule has 1 saturated heterocycles. The third-order valence-electron chi connectivity index (χ3n) is 7.95.